The summed E-state index contributed by atoms with van der Waals surface area (Å²) in [5.41, 5.74) is 0.0577. The standard InChI is InChI=1S/C22H35N3O3/c1-21(2,3)28-20(27)24-22(4,5)14-19(26)23-15-18-12-9-13-25(18)16-17-10-7-6-8-11-17/h6-8,10-11,18H,9,12-16H2,1-5H3,(H,23,26)(H,24,27)/t18-/m1/s1. The summed E-state index contributed by atoms with van der Waals surface area (Å²) in [6, 6.07) is 10.8. The number of benzene rings is 1. The Bertz CT molecular complexity index is 653. The molecule has 0 aromatic heterocycles. The predicted octanol–water partition coefficient (Wildman–Crippen LogP) is 3.46. The zero-order valence-electron chi connectivity index (χ0n) is 17.9. The number of rotatable bonds is 7. The van der Waals surface area contributed by atoms with E-state index in [-0.39, 0.29) is 12.3 Å². The number of hydrogen-bond donors (Lipinski definition) is 2. The van der Waals surface area contributed by atoms with Gasteiger partial charge < -0.3 is 15.4 Å². The van der Waals surface area contributed by atoms with E-state index >= 15 is 0 Å². The average molecular weight is 390 g/mol. The fraction of sp³-hybridized carbons (Fsp3) is 0.636. The molecule has 0 bridgehead atoms. The summed E-state index contributed by atoms with van der Waals surface area (Å²) in [7, 11) is 0. The Balaban J connectivity index is 1.78. The number of ether oxygens (including phenoxy) is 1. The van der Waals surface area contributed by atoms with Gasteiger partial charge in [0.1, 0.15) is 5.60 Å². The van der Waals surface area contributed by atoms with Gasteiger partial charge in [0, 0.05) is 31.1 Å². The van der Waals surface area contributed by atoms with Crippen molar-refractivity contribution in [2.45, 2.75) is 77.6 Å². The van der Waals surface area contributed by atoms with Crippen molar-refractivity contribution < 1.29 is 14.3 Å². The lowest BCUT2D eigenvalue weighted by atomic mass is 10.0. The smallest absolute Gasteiger partial charge is 0.408 e. The molecule has 1 aromatic rings. The van der Waals surface area contributed by atoms with Gasteiger partial charge in [0.2, 0.25) is 5.91 Å². The molecule has 0 saturated carbocycles. The van der Waals surface area contributed by atoms with Gasteiger partial charge in [-0.2, -0.15) is 0 Å². The van der Waals surface area contributed by atoms with E-state index in [1.165, 1.54) is 5.56 Å². The molecule has 0 radical (unpaired) electrons. The normalized spacial score (nSPS) is 18.0. The van der Waals surface area contributed by atoms with Gasteiger partial charge in [-0.3, -0.25) is 9.69 Å². The third-order valence-corrected chi connectivity index (χ3v) is 4.70. The number of likely N-dealkylation sites (tertiary alicyclic amines) is 1. The monoisotopic (exact) mass is 389 g/mol. The van der Waals surface area contributed by atoms with Crippen LogP contribution in [0, 0.1) is 0 Å². The summed E-state index contributed by atoms with van der Waals surface area (Å²) in [4.78, 5) is 26.8. The molecule has 1 aromatic carbocycles. The fourth-order valence-corrected chi connectivity index (χ4v) is 3.47. The Morgan fingerprint density at radius 3 is 2.46 bits per heavy atom. The van der Waals surface area contributed by atoms with Crippen LogP contribution < -0.4 is 10.6 Å². The maximum atomic E-state index is 12.4. The maximum absolute atomic E-state index is 12.4. The first-order chi connectivity index (χ1) is 13.0. The van der Waals surface area contributed by atoms with E-state index in [4.69, 9.17) is 4.74 Å². The number of nitrogens with zero attached hydrogens (tertiary/aromatic N) is 1. The zero-order valence-corrected chi connectivity index (χ0v) is 17.9. The number of carbonyl (C=O) groups is 2. The minimum absolute atomic E-state index is 0.0624. The molecular weight excluding hydrogens is 354 g/mol. The number of nitrogens with one attached hydrogen (secondary N) is 2. The molecule has 2 N–H and O–H groups in total. The highest BCUT2D eigenvalue weighted by Gasteiger charge is 2.29. The van der Waals surface area contributed by atoms with E-state index < -0.39 is 17.2 Å². The highest BCUT2D eigenvalue weighted by molar-refractivity contribution is 5.78. The largest absolute Gasteiger partial charge is 0.444 e. The molecule has 0 aliphatic carbocycles. The Kier molecular flexibility index (Phi) is 7.47. The van der Waals surface area contributed by atoms with Crippen molar-refractivity contribution in [2.24, 2.45) is 0 Å². The molecule has 1 saturated heterocycles. The van der Waals surface area contributed by atoms with E-state index in [0.29, 0.717) is 12.6 Å². The van der Waals surface area contributed by atoms with E-state index in [2.05, 4.69) is 39.8 Å². The van der Waals surface area contributed by atoms with Crippen LogP contribution >= 0.6 is 0 Å². The second-order valence-electron chi connectivity index (χ2n) is 9.24. The van der Waals surface area contributed by atoms with Gasteiger partial charge >= 0.3 is 6.09 Å². The van der Waals surface area contributed by atoms with Crippen molar-refractivity contribution >= 4 is 12.0 Å². The van der Waals surface area contributed by atoms with Crippen molar-refractivity contribution in [2.75, 3.05) is 13.1 Å². The van der Waals surface area contributed by atoms with Gasteiger partial charge in [0.15, 0.2) is 0 Å². The van der Waals surface area contributed by atoms with E-state index in [9.17, 15) is 9.59 Å². The van der Waals surface area contributed by atoms with E-state index in [1.807, 2.05) is 40.7 Å². The molecule has 0 unspecified atom stereocenters. The van der Waals surface area contributed by atoms with Gasteiger partial charge in [-0.15, -0.1) is 0 Å². The summed E-state index contributed by atoms with van der Waals surface area (Å²) in [6.45, 7) is 11.7. The first-order valence-corrected chi connectivity index (χ1v) is 10.1. The van der Waals surface area contributed by atoms with Gasteiger partial charge in [-0.1, -0.05) is 30.3 Å². The molecule has 0 spiro atoms. The lowest BCUT2D eigenvalue weighted by Gasteiger charge is -2.29. The van der Waals surface area contributed by atoms with E-state index in [0.717, 1.165) is 25.9 Å². The van der Waals surface area contributed by atoms with Crippen LogP contribution in [0.25, 0.3) is 0 Å². The van der Waals surface area contributed by atoms with Crippen molar-refractivity contribution in [1.29, 1.82) is 0 Å². The molecule has 6 nitrogen and oxygen atoms in total. The van der Waals surface area contributed by atoms with Crippen LogP contribution in [0.3, 0.4) is 0 Å². The number of amides is 2. The van der Waals surface area contributed by atoms with Crippen LogP contribution in [-0.2, 0) is 16.1 Å². The SMILES string of the molecule is CC(C)(CC(=O)NC[C@H]1CCCN1Cc1ccccc1)NC(=O)OC(C)(C)C. The molecule has 6 heteroatoms. The molecule has 1 aliphatic rings. The Hall–Kier alpha value is -2.08. The van der Waals surface area contributed by atoms with Crippen LogP contribution in [0.1, 0.15) is 59.4 Å². The van der Waals surface area contributed by atoms with Crippen molar-refractivity contribution in [3.05, 3.63) is 35.9 Å². The van der Waals surface area contributed by atoms with Crippen molar-refractivity contribution in [3.63, 3.8) is 0 Å². The Morgan fingerprint density at radius 2 is 1.82 bits per heavy atom. The number of alkyl carbamates (subject to hydrolysis) is 1. The van der Waals surface area contributed by atoms with Crippen LogP contribution in [0.5, 0.6) is 0 Å². The molecule has 1 atom stereocenters. The van der Waals surface area contributed by atoms with Crippen LogP contribution in [0.4, 0.5) is 4.79 Å². The summed E-state index contributed by atoms with van der Waals surface area (Å²) in [5, 5.41) is 5.83. The lowest BCUT2D eigenvalue weighted by molar-refractivity contribution is -0.122. The van der Waals surface area contributed by atoms with Crippen molar-refractivity contribution in [3.8, 4) is 0 Å². The highest BCUT2D eigenvalue weighted by Crippen LogP contribution is 2.20. The van der Waals surface area contributed by atoms with Gasteiger partial charge in [-0.25, -0.2) is 4.79 Å². The van der Waals surface area contributed by atoms with Crippen molar-refractivity contribution in [1.82, 2.24) is 15.5 Å². The molecule has 2 rings (SSSR count). The third-order valence-electron chi connectivity index (χ3n) is 4.70. The topological polar surface area (TPSA) is 70.7 Å². The molecule has 28 heavy (non-hydrogen) atoms. The van der Waals surface area contributed by atoms with Gasteiger partial charge in [0.25, 0.3) is 0 Å². The van der Waals surface area contributed by atoms with Gasteiger partial charge in [-0.05, 0) is 59.6 Å². The zero-order chi connectivity index (χ0) is 20.8. The minimum Gasteiger partial charge on any atom is -0.444 e. The molecule has 156 valence electrons. The van der Waals surface area contributed by atoms with Crippen LogP contribution in [0.2, 0.25) is 0 Å². The molecule has 1 heterocycles. The third kappa shape index (κ3) is 7.89. The lowest BCUT2D eigenvalue weighted by Crippen LogP contribution is -2.49. The van der Waals surface area contributed by atoms with Crippen LogP contribution in [-0.4, -0.2) is 47.2 Å². The predicted molar refractivity (Wildman–Crippen MR) is 111 cm³/mol. The first kappa shape index (κ1) is 22.2. The highest BCUT2D eigenvalue weighted by atomic mass is 16.6. The minimum atomic E-state index is -0.675. The molecule has 2 amide bonds. The maximum Gasteiger partial charge on any atom is 0.408 e. The molecule has 1 fully saturated rings. The first-order valence-electron chi connectivity index (χ1n) is 10.1. The fourth-order valence-electron chi connectivity index (χ4n) is 3.47. The molecular formula is C22H35N3O3. The Morgan fingerprint density at radius 1 is 1.14 bits per heavy atom. The molecule has 1 aliphatic heterocycles. The van der Waals surface area contributed by atoms with Crippen LogP contribution in [0.15, 0.2) is 30.3 Å². The Labute approximate surface area is 169 Å². The number of carbonyl (C=O) groups excluding carboxylic acids is 2. The number of hydrogen-bond acceptors (Lipinski definition) is 4. The second kappa shape index (κ2) is 9.41. The average Bonchev–Trinajstić information content (AvgIpc) is 2.98. The summed E-state index contributed by atoms with van der Waals surface area (Å²) in [5.74, 6) is -0.0624. The van der Waals surface area contributed by atoms with Gasteiger partial charge in [0.05, 0.1) is 0 Å². The van der Waals surface area contributed by atoms with E-state index in [1.54, 1.807) is 0 Å². The summed E-state index contributed by atoms with van der Waals surface area (Å²) >= 11 is 0. The quantitative estimate of drug-likeness (QED) is 0.749. The summed E-state index contributed by atoms with van der Waals surface area (Å²) in [6.07, 6.45) is 1.94. The second-order valence-corrected chi connectivity index (χ2v) is 9.24. The summed E-state index contributed by atoms with van der Waals surface area (Å²) < 4.78 is 5.28.